The lowest BCUT2D eigenvalue weighted by molar-refractivity contribution is -0.136. The van der Waals surface area contributed by atoms with Gasteiger partial charge in [0, 0.05) is 11.8 Å². The number of esters is 1. The van der Waals surface area contributed by atoms with Crippen LogP contribution in [0, 0.1) is 0 Å². The second-order valence-electron chi connectivity index (χ2n) is 7.95. The van der Waals surface area contributed by atoms with Gasteiger partial charge in [0.1, 0.15) is 17.3 Å². The molecular formula is C24H25BrN4O5S2. The number of ether oxygens (including phenoxy) is 1. The Morgan fingerprint density at radius 3 is 2.58 bits per heavy atom. The molecule has 3 aromatic rings. The fourth-order valence-electron chi connectivity index (χ4n) is 3.09. The molecule has 1 aromatic heterocycles. The molecule has 2 N–H and O–H groups in total. The highest BCUT2D eigenvalue weighted by Gasteiger charge is 2.24. The van der Waals surface area contributed by atoms with Crippen LogP contribution in [0.4, 0.5) is 5.69 Å². The van der Waals surface area contributed by atoms with Crippen LogP contribution in [0.1, 0.15) is 31.2 Å². The van der Waals surface area contributed by atoms with E-state index in [1.54, 1.807) is 18.4 Å². The van der Waals surface area contributed by atoms with E-state index in [2.05, 4.69) is 26.1 Å². The maximum Gasteiger partial charge on any atom is 0.356 e. The minimum atomic E-state index is -3.44. The topological polar surface area (TPSA) is 138 Å². The third kappa shape index (κ3) is 6.62. The number of aliphatic imine (C=N–C) groups is 1. The van der Waals surface area contributed by atoms with Gasteiger partial charge in [-0.05, 0) is 57.9 Å². The molecule has 0 radical (unpaired) electrons. The number of carbonyl (C=O) groups is 1. The lowest BCUT2D eigenvalue weighted by Gasteiger charge is -2.11. The van der Waals surface area contributed by atoms with Crippen molar-refractivity contribution in [2.75, 3.05) is 18.5 Å². The first kappa shape index (κ1) is 27.6. The van der Waals surface area contributed by atoms with Gasteiger partial charge in [-0.25, -0.2) is 18.2 Å². The maximum atomic E-state index is 12.4. The monoisotopic (exact) mass is 592 g/mol. The Balaban J connectivity index is 2.16. The molecule has 0 spiro atoms. The number of carbonyl (C=O) groups excluding carboxylic acids is 1. The highest BCUT2D eigenvalue weighted by atomic mass is 79.9. The number of nitrogens with zero attached hydrogens (tertiary/aromatic N) is 3. The van der Waals surface area contributed by atoms with Crippen LogP contribution in [-0.2, 0) is 19.4 Å². The molecule has 0 bridgehead atoms. The van der Waals surface area contributed by atoms with Gasteiger partial charge in [-0.1, -0.05) is 38.1 Å². The number of aromatic nitrogens is 2. The molecule has 1 heterocycles. The summed E-state index contributed by atoms with van der Waals surface area (Å²) in [6, 6.07) is 13.7. The number of allylic oxidation sites excluding steroid dienone is 1. The Hall–Kier alpha value is -2.96. The van der Waals surface area contributed by atoms with Gasteiger partial charge >= 0.3 is 5.97 Å². The van der Waals surface area contributed by atoms with E-state index in [0.29, 0.717) is 11.3 Å². The molecule has 0 unspecified atom stereocenters. The van der Waals surface area contributed by atoms with Gasteiger partial charge in [-0.15, -0.1) is 22.0 Å². The molecule has 190 valence electrons. The number of para-hydroxylation sites is 1. The Morgan fingerprint density at radius 2 is 1.92 bits per heavy atom. The van der Waals surface area contributed by atoms with Crippen molar-refractivity contribution in [1.82, 2.24) is 10.2 Å². The van der Waals surface area contributed by atoms with Crippen LogP contribution in [-0.4, -0.2) is 48.7 Å². The first-order valence-corrected chi connectivity index (χ1v) is 14.7. The molecular weight excluding hydrogens is 568 g/mol. The van der Waals surface area contributed by atoms with E-state index < -0.39 is 15.8 Å². The largest absolute Gasteiger partial charge is 0.450 e. The Morgan fingerprint density at radius 1 is 1.19 bits per heavy atom. The molecule has 0 aliphatic carbocycles. The zero-order chi connectivity index (χ0) is 26.5. The molecule has 0 saturated heterocycles. The Bertz CT molecular complexity index is 1430. The second kappa shape index (κ2) is 11.8. The summed E-state index contributed by atoms with van der Waals surface area (Å²) in [6.45, 7) is 4.07. The van der Waals surface area contributed by atoms with Crippen LogP contribution in [0.15, 0.2) is 73.0 Å². The van der Waals surface area contributed by atoms with Crippen LogP contribution in [0.25, 0.3) is 11.5 Å². The minimum Gasteiger partial charge on any atom is -0.450 e. The minimum absolute atomic E-state index is 0.0270. The van der Waals surface area contributed by atoms with Gasteiger partial charge in [-0.2, -0.15) is 0 Å². The van der Waals surface area contributed by atoms with Gasteiger partial charge in [-0.3, -0.25) is 0 Å². The number of hydrogen-bond acceptors (Lipinski definition) is 10. The average molecular weight is 594 g/mol. The molecule has 0 aliphatic heterocycles. The van der Waals surface area contributed by atoms with Crippen molar-refractivity contribution < 1.29 is 22.4 Å². The van der Waals surface area contributed by atoms with Crippen molar-refractivity contribution in [3.63, 3.8) is 0 Å². The van der Waals surface area contributed by atoms with Crippen molar-refractivity contribution in [3.05, 3.63) is 70.2 Å². The molecule has 0 amide bonds. The maximum absolute atomic E-state index is 12.4. The number of sulfone groups is 1. The third-order valence-corrected chi connectivity index (χ3v) is 7.17. The predicted octanol–water partition coefficient (Wildman–Crippen LogP) is 4.81. The molecule has 0 saturated carbocycles. The van der Waals surface area contributed by atoms with Crippen LogP contribution in [0.3, 0.4) is 0 Å². The molecule has 2 aromatic carbocycles. The van der Waals surface area contributed by atoms with Crippen LogP contribution in [0.2, 0.25) is 0 Å². The molecule has 9 nitrogen and oxygen atoms in total. The van der Waals surface area contributed by atoms with E-state index in [1.807, 2.05) is 38.1 Å². The molecule has 0 atom stereocenters. The lowest BCUT2D eigenvalue weighted by atomic mass is 10.0. The fourth-order valence-corrected chi connectivity index (χ4v) is 4.40. The summed E-state index contributed by atoms with van der Waals surface area (Å²) >= 11 is 4.70. The fraction of sp³-hybridized carbons (Fsp3) is 0.250. The summed E-state index contributed by atoms with van der Waals surface area (Å²) in [5.41, 5.74) is 7.99. The summed E-state index contributed by atoms with van der Waals surface area (Å²) in [5, 5.41) is 8.18. The van der Waals surface area contributed by atoms with E-state index in [0.717, 1.165) is 11.8 Å². The lowest BCUT2D eigenvalue weighted by Crippen LogP contribution is -2.19. The van der Waals surface area contributed by atoms with E-state index in [4.69, 9.17) is 19.9 Å². The van der Waals surface area contributed by atoms with Crippen LogP contribution in [0.5, 0.6) is 0 Å². The van der Waals surface area contributed by atoms with Crippen LogP contribution >= 0.6 is 27.7 Å². The van der Waals surface area contributed by atoms with Crippen LogP contribution < -0.4 is 5.73 Å². The number of benzene rings is 2. The number of hydrogen-bond donors (Lipinski definition) is 1. The first-order chi connectivity index (χ1) is 17.0. The SMILES string of the molecule is CSCOC(=O)C(N)=C(Br)C(=Nc1ccccc1C(C)C)c1nnc(-c2cccc(S(C)(=O)=O)c2)o1. The number of nitrogens with two attached hydrogens (primary N) is 1. The molecule has 36 heavy (non-hydrogen) atoms. The van der Waals surface area contributed by atoms with Gasteiger partial charge in [0.15, 0.2) is 9.84 Å². The smallest absolute Gasteiger partial charge is 0.356 e. The predicted molar refractivity (Wildman–Crippen MR) is 144 cm³/mol. The van der Waals surface area contributed by atoms with Crippen molar-refractivity contribution in [2.45, 2.75) is 24.7 Å². The van der Waals surface area contributed by atoms with Crippen molar-refractivity contribution in [3.8, 4) is 11.5 Å². The van der Waals surface area contributed by atoms with Crippen molar-refractivity contribution in [2.24, 2.45) is 10.7 Å². The zero-order valence-electron chi connectivity index (χ0n) is 20.1. The highest BCUT2D eigenvalue weighted by Crippen LogP contribution is 2.30. The average Bonchev–Trinajstić information content (AvgIpc) is 3.34. The molecule has 0 fully saturated rings. The zero-order valence-corrected chi connectivity index (χ0v) is 23.3. The van der Waals surface area contributed by atoms with Crippen molar-refractivity contribution >= 4 is 54.9 Å². The third-order valence-electron chi connectivity index (χ3n) is 4.90. The highest BCUT2D eigenvalue weighted by molar-refractivity contribution is 9.12. The molecule has 0 aliphatic rings. The normalized spacial score (nSPS) is 13.0. The van der Waals surface area contributed by atoms with E-state index in [-0.39, 0.29) is 44.4 Å². The Labute approximate surface area is 222 Å². The van der Waals surface area contributed by atoms with Gasteiger partial charge in [0.2, 0.25) is 5.89 Å². The van der Waals surface area contributed by atoms with Gasteiger partial charge in [0.05, 0.1) is 15.1 Å². The van der Waals surface area contributed by atoms with E-state index in [1.165, 1.54) is 23.9 Å². The second-order valence-corrected chi connectivity index (χ2v) is 11.6. The quantitative estimate of drug-likeness (QED) is 0.160. The van der Waals surface area contributed by atoms with E-state index in [9.17, 15) is 13.2 Å². The molecule has 12 heteroatoms. The number of rotatable bonds is 9. The number of thioether (sulfide) groups is 1. The Kier molecular flexibility index (Phi) is 9.09. The summed E-state index contributed by atoms with van der Waals surface area (Å²) in [5.74, 6) is -0.398. The standard InChI is InChI=1S/C24H25BrN4O5S2/c1-14(2)17-10-5-6-11-18(17)27-21(19(25)20(26)24(30)33-13-35-3)23-29-28-22(34-23)15-8-7-9-16(12-15)36(4,31)32/h5-12,14H,13,26H2,1-4H3. The van der Waals surface area contributed by atoms with Crippen molar-refractivity contribution in [1.29, 1.82) is 0 Å². The summed E-state index contributed by atoms with van der Waals surface area (Å²) in [4.78, 5) is 17.3. The number of halogens is 1. The first-order valence-electron chi connectivity index (χ1n) is 10.7. The summed E-state index contributed by atoms with van der Waals surface area (Å²) < 4.78 is 35.1. The summed E-state index contributed by atoms with van der Waals surface area (Å²) in [7, 11) is -3.44. The van der Waals surface area contributed by atoms with Gasteiger partial charge < -0.3 is 14.9 Å². The van der Waals surface area contributed by atoms with Gasteiger partial charge in [0.25, 0.3) is 5.89 Å². The molecule has 3 rings (SSSR count). The van der Waals surface area contributed by atoms with E-state index >= 15 is 0 Å². The summed E-state index contributed by atoms with van der Waals surface area (Å²) in [6.07, 6.45) is 2.90.